The maximum absolute atomic E-state index is 11.3. The third-order valence-corrected chi connectivity index (χ3v) is 5.22. The number of nitrogens with zero attached hydrogens (tertiary/aromatic N) is 3. The lowest BCUT2D eigenvalue weighted by Crippen LogP contribution is -2.24. The van der Waals surface area contributed by atoms with E-state index in [2.05, 4.69) is 10.3 Å². The van der Waals surface area contributed by atoms with Gasteiger partial charge in [-0.3, -0.25) is 0 Å². The van der Waals surface area contributed by atoms with Gasteiger partial charge in [0.15, 0.2) is 6.04 Å². The van der Waals surface area contributed by atoms with Crippen LogP contribution in [0.4, 0.5) is 0 Å². The van der Waals surface area contributed by atoms with Gasteiger partial charge in [0, 0.05) is 17.8 Å². The van der Waals surface area contributed by atoms with E-state index in [0.717, 1.165) is 10.6 Å². The van der Waals surface area contributed by atoms with E-state index in [1.165, 1.54) is 4.68 Å². The molecule has 0 radical (unpaired) electrons. The van der Waals surface area contributed by atoms with Crippen molar-refractivity contribution in [3.63, 3.8) is 0 Å². The highest BCUT2D eigenvalue weighted by Crippen LogP contribution is 2.39. The Morgan fingerprint density at radius 1 is 1.36 bits per heavy atom. The second kappa shape index (κ2) is 7.42. The quantitative estimate of drug-likeness (QED) is 0.766. The summed E-state index contributed by atoms with van der Waals surface area (Å²) in [5.74, 6) is -0.353. The van der Waals surface area contributed by atoms with Gasteiger partial charge in [0.2, 0.25) is 0 Å². The van der Waals surface area contributed by atoms with Gasteiger partial charge in [0.1, 0.15) is 0 Å². The van der Waals surface area contributed by atoms with Gasteiger partial charge in [0.25, 0.3) is 0 Å². The van der Waals surface area contributed by atoms with Crippen LogP contribution in [0.2, 0.25) is 0 Å². The fraction of sp³-hybridized carbons (Fsp3) is 0.400. The number of hydrogen-bond donors (Lipinski definition) is 2. The zero-order valence-electron chi connectivity index (χ0n) is 12.9. The van der Waals surface area contributed by atoms with Crippen LogP contribution in [0.3, 0.4) is 0 Å². The molecule has 22 heavy (non-hydrogen) atoms. The summed E-state index contributed by atoms with van der Waals surface area (Å²) in [6, 6.07) is 9.25. The Bertz CT molecular complexity index is 616. The number of aliphatic carboxylic acids is 1. The Labute approximate surface area is 132 Å². The Morgan fingerprint density at radius 3 is 2.59 bits per heavy atom. The van der Waals surface area contributed by atoms with E-state index < -0.39 is 23.2 Å². The number of carboxylic acids is 1. The van der Waals surface area contributed by atoms with Crippen LogP contribution >= 0.6 is 11.2 Å². The van der Waals surface area contributed by atoms with Gasteiger partial charge < -0.3 is 9.29 Å². The van der Waals surface area contributed by atoms with Crippen molar-refractivity contribution in [3.8, 4) is 0 Å². The molecule has 0 aliphatic carbocycles. The number of rotatable bonds is 7. The van der Waals surface area contributed by atoms with Crippen LogP contribution < -0.4 is 0 Å². The first-order valence-corrected chi connectivity index (χ1v) is 8.47. The molecular weight excluding hydrogens is 302 g/mol. The van der Waals surface area contributed by atoms with Crippen molar-refractivity contribution in [1.82, 2.24) is 15.0 Å². The van der Waals surface area contributed by atoms with Gasteiger partial charge in [-0.25, -0.2) is 9.48 Å². The minimum Gasteiger partial charge on any atom is -0.480 e. The number of aromatic nitrogens is 3. The largest absolute Gasteiger partial charge is 0.480 e. The SMILES string of the molecule is CO[SH](Cc1cn([C@@H](C(=O)O)C(C)C)nn1)c1ccccc1. The molecule has 0 spiro atoms. The summed E-state index contributed by atoms with van der Waals surface area (Å²) in [4.78, 5) is 12.5. The molecule has 2 atom stereocenters. The third-order valence-electron chi connectivity index (χ3n) is 3.30. The Morgan fingerprint density at radius 2 is 2.05 bits per heavy atom. The summed E-state index contributed by atoms with van der Waals surface area (Å²) in [7, 11) is 1.68. The number of carbonyl (C=O) groups is 1. The Hall–Kier alpha value is -1.86. The van der Waals surface area contributed by atoms with E-state index in [9.17, 15) is 9.90 Å². The zero-order chi connectivity index (χ0) is 16.1. The lowest BCUT2D eigenvalue weighted by atomic mass is 10.1. The molecule has 1 heterocycles. The fourth-order valence-corrected chi connectivity index (χ4v) is 3.69. The van der Waals surface area contributed by atoms with E-state index in [-0.39, 0.29) is 5.92 Å². The van der Waals surface area contributed by atoms with Crippen LogP contribution in [-0.2, 0) is 14.7 Å². The van der Waals surface area contributed by atoms with Gasteiger partial charge in [-0.2, -0.15) is 0 Å². The summed E-state index contributed by atoms with van der Waals surface area (Å²) >= 11 is -0.830. The fourth-order valence-electron chi connectivity index (χ4n) is 2.23. The first-order chi connectivity index (χ1) is 10.5. The molecular formula is C15H21N3O3S. The minimum absolute atomic E-state index is 0.0647. The monoisotopic (exact) mass is 323 g/mol. The second-order valence-electron chi connectivity index (χ2n) is 5.27. The topological polar surface area (TPSA) is 77.2 Å². The first kappa shape index (κ1) is 16.5. The molecule has 0 saturated carbocycles. The summed E-state index contributed by atoms with van der Waals surface area (Å²) in [5.41, 5.74) is 0.740. The Balaban J connectivity index is 2.16. The second-order valence-corrected chi connectivity index (χ2v) is 7.23. The molecule has 120 valence electrons. The summed E-state index contributed by atoms with van der Waals surface area (Å²) in [5, 5.41) is 17.4. The van der Waals surface area contributed by atoms with E-state index >= 15 is 0 Å². The van der Waals surface area contributed by atoms with Crippen molar-refractivity contribution in [2.75, 3.05) is 7.11 Å². The minimum atomic E-state index is -0.900. The van der Waals surface area contributed by atoms with Gasteiger partial charge in [-0.15, -0.1) is 16.3 Å². The van der Waals surface area contributed by atoms with Gasteiger partial charge in [0.05, 0.1) is 11.9 Å². The first-order valence-electron chi connectivity index (χ1n) is 7.03. The molecule has 2 aromatic rings. The molecule has 0 aliphatic heterocycles. The molecule has 0 saturated heterocycles. The van der Waals surface area contributed by atoms with Crippen LogP contribution in [0.5, 0.6) is 0 Å². The zero-order valence-corrected chi connectivity index (χ0v) is 13.8. The van der Waals surface area contributed by atoms with Crippen LogP contribution in [0.1, 0.15) is 25.6 Å². The predicted octanol–water partition coefficient (Wildman–Crippen LogP) is 2.68. The maximum Gasteiger partial charge on any atom is 0.328 e. The molecule has 0 bridgehead atoms. The molecule has 0 amide bonds. The summed E-state index contributed by atoms with van der Waals surface area (Å²) < 4.78 is 7.00. The molecule has 0 fully saturated rings. The average Bonchev–Trinajstić information content (AvgIpc) is 2.93. The van der Waals surface area contributed by atoms with E-state index in [1.54, 1.807) is 13.3 Å². The number of thiol groups is 1. The highest BCUT2D eigenvalue weighted by atomic mass is 32.2. The molecule has 6 nitrogen and oxygen atoms in total. The van der Waals surface area contributed by atoms with Crippen molar-refractivity contribution in [1.29, 1.82) is 0 Å². The highest BCUT2D eigenvalue weighted by Gasteiger charge is 2.25. The van der Waals surface area contributed by atoms with Crippen molar-refractivity contribution >= 4 is 17.1 Å². The highest BCUT2D eigenvalue weighted by molar-refractivity contribution is 8.12. The number of benzene rings is 1. The maximum atomic E-state index is 11.3. The molecule has 0 aliphatic rings. The average molecular weight is 323 g/mol. The normalized spacial score (nSPS) is 14.8. The van der Waals surface area contributed by atoms with E-state index in [0.29, 0.717) is 5.75 Å². The van der Waals surface area contributed by atoms with Crippen LogP contribution in [-0.4, -0.2) is 33.2 Å². The van der Waals surface area contributed by atoms with Crippen molar-refractivity contribution in [2.24, 2.45) is 5.92 Å². The lowest BCUT2D eigenvalue weighted by molar-refractivity contribution is -0.142. The third kappa shape index (κ3) is 3.86. The molecule has 2 rings (SSSR count). The van der Waals surface area contributed by atoms with Gasteiger partial charge >= 0.3 is 5.97 Å². The number of hydrogen-bond acceptors (Lipinski definition) is 4. The molecule has 7 heteroatoms. The van der Waals surface area contributed by atoms with Crippen LogP contribution in [0.15, 0.2) is 41.4 Å². The van der Waals surface area contributed by atoms with E-state index in [4.69, 9.17) is 4.18 Å². The van der Waals surface area contributed by atoms with Crippen molar-refractivity contribution in [3.05, 3.63) is 42.2 Å². The van der Waals surface area contributed by atoms with Crippen molar-refractivity contribution in [2.45, 2.75) is 30.5 Å². The smallest absolute Gasteiger partial charge is 0.328 e. The standard InChI is InChI=1S/C15H21N3O3S/c1-11(2)14(15(19)20)18-9-12(16-17-18)10-22(21-3)13-7-5-4-6-8-13/h4-9,11,14,22H,10H2,1-3H3,(H,19,20)/t14-/m1/s1. The predicted molar refractivity (Wildman–Crippen MR) is 85.9 cm³/mol. The summed E-state index contributed by atoms with van der Waals surface area (Å²) in [6.45, 7) is 3.71. The molecule has 1 N–H and O–H groups in total. The molecule has 1 unspecified atom stereocenters. The molecule has 1 aromatic heterocycles. The van der Waals surface area contributed by atoms with Crippen LogP contribution in [0.25, 0.3) is 0 Å². The van der Waals surface area contributed by atoms with E-state index in [1.807, 2.05) is 44.2 Å². The number of carboxylic acid groups (broad SMARTS) is 1. The van der Waals surface area contributed by atoms with Gasteiger partial charge in [-0.1, -0.05) is 37.3 Å². The van der Waals surface area contributed by atoms with Crippen molar-refractivity contribution < 1.29 is 14.1 Å². The lowest BCUT2D eigenvalue weighted by Gasteiger charge is -2.18. The van der Waals surface area contributed by atoms with Crippen LogP contribution in [0, 0.1) is 5.92 Å². The summed E-state index contributed by atoms with van der Waals surface area (Å²) in [6.07, 6.45) is 1.70. The Kier molecular flexibility index (Phi) is 5.57. The van der Waals surface area contributed by atoms with Gasteiger partial charge in [-0.05, 0) is 18.1 Å². The molecule has 1 aromatic carbocycles.